The Labute approximate surface area is 153 Å². The van der Waals surface area contributed by atoms with Crippen LogP contribution in [0.3, 0.4) is 0 Å². The lowest BCUT2D eigenvalue weighted by Crippen LogP contribution is -2.22. The molecular formula is C20H21Cl2NO. The Morgan fingerprint density at radius 2 is 1.79 bits per heavy atom. The monoisotopic (exact) mass is 361 g/mol. The molecular weight excluding hydrogens is 341 g/mol. The highest BCUT2D eigenvalue weighted by molar-refractivity contribution is 6.37. The van der Waals surface area contributed by atoms with Crippen LogP contribution in [-0.4, -0.2) is 23.8 Å². The molecule has 2 aromatic carbocycles. The number of nitrogens with zero attached hydrogens (tertiary/aromatic N) is 1. The van der Waals surface area contributed by atoms with Gasteiger partial charge in [-0.2, -0.15) is 0 Å². The Morgan fingerprint density at radius 3 is 2.46 bits per heavy atom. The quantitative estimate of drug-likeness (QED) is 0.463. The minimum Gasteiger partial charge on any atom is -0.300 e. The van der Waals surface area contributed by atoms with Crippen molar-refractivity contribution in [1.82, 2.24) is 4.90 Å². The Morgan fingerprint density at radius 1 is 1.08 bits per heavy atom. The van der Waals surface area contributed by atoms with Gasteiger partial charge in [0.25, 0.3) is 0 Å². The van der Waals surface area contributed by atoms with Crippen LogP contribution in [0.5, 0.6) is 0 Å². The standard InChI is InChI=1S/C20H21Cl2NO/c1-3-23(4-2)14-16-8-6-5-7-15(16)9-12-20(24)18-11-10-17(21)13-19(18)22/h5-13H,3-4,14H2,1-2H3. The lowest BCUT2D eigenvalue weighted by Gasteiger charge is -2.19. The summed E-state index contributed by atoms with van der Waals surface area (Å²) in [6.07, 6.45) is 3.42. The van der Waals surface area contributed by atoms with E-state index in [2.05, 4.69) is 24.8 Å². The van der Waals surface area contributed by atoms with Crippen LogP contribution < -0.4 is 0 Å². The van der Waals surface area contributed by atoms with Gasteiger partial charge >= 0.3 is 0 Å². The largest absolute Gasteiger partial charge is 0.300 e. The van der Waals surface area contributed by atoms with Crippen LogP contribution in [-0.2, 0) is 6.54 Å². The number of hydrogen-bond donors (Lipinski definition) is 0. The van der Waals surface area contributed by atoms with Crippen LogP contribution in [0.15, 0.2) is 48.5 Å². The van der Waals surface area contributed by atoms with Crippen LogP contribution in [0, 0.1) is 0 Å². The predicted octanol–water partition coefficient (Wildman–Crippen LogP) is 5.73. The van der Waals surface area contributed by atoms with E-state index in [1.165, 1.54) is 5.56 Å². The third-order valence-corrected chi connectivity index (χ3v) is 4.50. The molecule has 24 heavy (non-hydrogen) atoms. The number of allylic oxidation sites excluding steroid dienone is 1. The SMILES string of the molecule is CCN(CC)Cc1ccccc1C=CC(=O)c1ccc(Cl)cc1Cl. The van der Waals surface area contributed by atoms with Gasteiger partial charge in [0.15, 0.2) is 5.78 Å². The number of carbonyl (C=O) groups excluding carboxylic acids is 1. The number of benzene rings is 2. The molecule has 0 aliphatic heterocycles. The van der Waals surface area contributed by atoms with Crippen LogP contribution in [0.2, 0.25) is 10.0 Å². The molecule has 0 saturated heterocycles. The molecule has 2 rings (SSSR count). The van der Waals surface area contributed by atoms with E-state index in [4.69, 9.17) is 23.2 Å². The van der Waals surface area contributed by atoms with Gasteiger partial charge in [0, 0.05) is 17.1 Å². The second kappa shape index (κ2) is 9.03. The topological polar surface area (TPSA) is 20.3 Å². The molecule has 0 spiro atoms. The summed E-state index contributed by atoms with van der Waals surface area (Å²) in [6.45, 7) is 7.15. The second-order valence-electron chi connectivity index (χ2n) is 5.48. The average molecular weight is 362 g/mol. The average Bonchev–Trinajstić information content (AvgIpc) is 2.58. The first-order valence-corrected chi connectivity index (χ1v) is 8.78. The summed E-state index contributed by atoms with van der Waals surface area (Å²) in [5.74, 6) is -0.130. The summed E-state index contributed by atoms with van der Waals surface area (Å²) in [6, 6.07) is 13.0. The Hall–Kier alpha value is -1.61. The second-order valence-corrected chi connectivity index (χ2v) is 6.33. The zero-order valence-electron chi connectivity index (χ0n) is 13.9. The van der Waals surface area contributed by atoms with E-state index < -0.39 is 0 Å². The normalized spacial score (nSPS) is 11.4. The van der Waals surface area contributed by atoms with E-state index in [1.807, 2.05) is 24.3 Å². The Kier molecular flexibility index (Phi) is 7.04. The van der Waals surface area contributed by atoms with Crippen molar-refractivity contribution in [3.8, 4) is 0 Å². The maximum absolute atomic E-state index is 12.4. The van der Waals surface area contributed by atoms with Gasteiger partial charge in [-0.1, -0.05) is 67.4 Å². The first-order valence-electron chi connectivity index (χ1n) is 8.02. The lowest BCUT2D eigenvalue weighted by atomic mass is 10.0. The minimum atomic E-state index is -0.130. The van der Waals surface area contributed by atoms with E-state index in [-0.39, 0.29) is 5.78 Å². The zero-order valence-corrected chi connectivity index (χ0v) is 15.4. The third-order valence-electron chi connectivity index (χ3n) is 3.95. The molecule has 126 valence electrons. The van der Waals surface area contributed by atoms with Crippen LogP contribution in [0.4, 0.5) is 0 Å². The van der Waals surface area contributed by atoms with E-state index in [0.717, 1.165) is 25.2 Å². The summed E-state index contributed by atoms with van der Waals surface area (Å²) in [7, 11) is 0. The van der Waals surface area contributed by atoms with Crippen molar-refractivity contribution in [3.05, 3.63) is 75.3 Å². The van der Waals surface area contributed by atoms with Crippen LogP contribution in [0.1, 0.15) is 35.3 Å². The molecule has 0 atom stereocenters. The van der Waals surface area contributed by atoms with E-state index in [1.54, 1.807) is 24.3 Å². The van der Waals surface area contributed by atoms with Gasteiger partial charge in [0.1, 0.15) is 0 Å². The molecule has 0 radical (unpaired) electrons. The summed E-state index contributed by atoms with van der Waals surface area (Å²) in [5.41, 5.74) is 2.70. The first-order chi connectivity index (χ1) is 11.5. The molecule has 0 amide bonds. The van der Waals surface area contributed by atoms with Gasteiger partial charge in [-0.15, -0.1) is 0 Å². The fourth-order valence-electron chi connectivity index (χ4n) is 2.47. The Balaban J connectivity index is 2.21. The molecule has 0 N–H and O–H groups in total. The molecule has 4 heteroatoms. The van der Waals surface area contributed by atoms with Crippen molar-refractivity contribution in [2.45, 2.75) is 20.4 Å². The molecule has 2 nitrogen and oxygen atoms in total. The van der Waals surface area contributed by atoms with Crippen molar-refractivity contribution in [2.75, 3.05) is 13.1 Å². The summed E-state index contributed by atoms with van der Waals surface area (Å²) in [4.78, 5) is 14.7. The molecule has 0 unspecified atom stereocenters. The fourth-order valence-corrected chi connectivity index (χ4v) is 2.98. The van der Waals surface area contributed by atoms with Crippen molar-refractivity contribution in [3.63, 3.8) is 0 Å². The highest BCUT2D eigenvalue weighted by Crippen LogP contribution is 2.22. The van der Waals surface area contributed by atoms with Gasteiger partial charge in [-0.25, -0.2) is 0 Å². The van der Waals surface area contributed by atoms with Gasteiger partial charge < -0.3 is 0 Å². The van der Waals surface area contributed by atoms with E-state index in [9.17, 15) is 4.79 Å². The summed E-state index contributed by atoms with van der Waals surface area (Å²) in [5, 5.41) is 0.888. The van der Waals surface area contributed by atoms with Gasteiger partial charge in [0.05, 0.1) is 5.02 Å². The summed E-state index contributed by atoms with van der Waals surface area (Å²) < 4.78 is 0. The Bertz CT molecular complexity index is 736. The molecule has 0 saturated carbocycles. The fraction of sp³-hybridized carbons (Fsp3) is 0.250. The van der Waals surface area contributed by atoms with Gasteiger partial charge in [-0.05, 0) is 48.5 Å². The minimum absolute atomic E-state index is 0.130. The van der Waals surface area contributed by atoms with Crippen molar-refractivity contribution >= 4 is 35.1 Å². The first kappa shape index (κ1) is 18.7. The number of rotatable bonds is 7. The van der Waals surface area contributed by atoms with Crippen LogP contribution in [0.25, 0.3) is 6.08 Å². The molecule has 0 aromatic heterocycles. The predicted molar refractivity (Wildman–Crippen MR) is 103 cm³/mol. The van der Waals surface area contributed by atoms with E-state index >= 15 is 0 Å². The number of ketones is 1. The molecule has 0 aliphatic carbocycles. The van der Waals surface area contributed by atoms with Crippen molar-refractivity contribution in [2.24, 2.45) is 0 Å². The van der Waals surface area contributed by atoms with Crippen molar-refractivity contribution < 1.29 is 4.79 Å². The number of carbonyl (C=O) groups is 1. The van der Waals surface area contributed by atoms with Crippen LogP contribution >= 0.6 is 23.2 Å². The number of halogens is 2. The molecule has 0 aliphatic rings. The van der Waals surface area contributed by atoms with Gasteiger partial charge in [0.2, 0.25) is 0 Å². The molecule has 2 aromatic rings. The lowest BCUT2D eigenvalue weighted by molar-refractivity contribution is 0.104. The maximum atomic E-state index is 12.4. The number of hydrogen-bond acceptors (Lipinski definition) is 2. The molecule has 0 heterocycles. The smallest absolute Gasteiger partial charge is 0.187 e. The molecule has 0 fully saturated rings. The van der Waals surface area contributed by atoms with E-state index in [0.29, 0.717) is 15.6 Å². The zero-order chi connectivity index (χ0) is 17.5. The summed E-state index contributed by atoms with van der Waals surface area (Å²) >= 11 is 12.0. The molecule has 0 bridgehead atoms. The highest BCUT2D eigenvalue weighted by atomic mass is 35.5. The third kappa shape index (κ3) is 4.94. The van der Waals surface area contributed by atoms with Crippen molar-refractivity contribution in [1.29, 1.82) is 0 Å². The van der Waals surface area contributed by atoms with Gasteiger partial charge in [-0.3, -0.25) is 9.69 Å². The maximum Gasteiger partial charge on any atom is 0.187 e. The highest BCUT2D eigenvalue weighted by Gasteiger charge is 2.09.